The van der Waals surface area contributed by atoms with Crippen LogP contribution in [0.3, 0.4) is 0 Å². The molecule has 138 valence electrons. The fourth-order valence-corrected chi connectivity index (χ4v) is 4.27. The van der Waals surface area contributed by atoms with Gasteiger partial charge >= 0.3 is 0 Å². The van der Waals surface area contributed by atoms with E-state index >= 15 is 0 Å². The molecule has 0 unspecified atom stereocenters. The first-order valence-electron chi connectivity index (χ1n) is 8.28. The monoisotopic (exact) mass is 377 g/mol. The number of hydrogen-bond acceptors (Lipinski definition) is 4. The van der Waals surface area contributed by atoms with Gasteiger partial charge in [-0.05, 0) is 49.2 Å². The van der Waals surface area contributed by atoms with Crippen LogP contribution in [0, 0.1) is 5.82 Å². The number of likely N-dealkylation sites (tertiary alicyclic amines) is 1. The second kappa shape index (κ2) is 7.43. The van der Waals surface area contributed by atoms with Crippen molar-refractivity contribution < 1.29 is 17.6 Å². The van der Waals surface area contributed by atoms with Gasteiger partial charge in [-0.2, -0.15) is 0 Å². The Balaban J connectivity index is 1.61. The van der Waals surface area contributed by atoms with Crippen LogP contribution in [0.15, 0.2) is 53.4 Å². The fourth-order valence-electron chi connectivity index (χ4n) is 2.96. The van der Waals surface area contributed by atoms with Crippen LogP contribution in [0.2, 0.25) is 0 Å². The summed E-state index contributed by atoms with van der Waals surface area (Å²) in [5.41, 5.74) is 6.73. The number of carbonyl (C=O) groups is 1. The minimum atomic E-state index is -3.71. The maximum atomic E-state index is 13.0. The van der Waals surface area contributed by atoms with Crippen LogP contribution in [0.5, 0.6) is 0 Å². The van der Waals surface area contributed by atoms with E-state index < -0.39 is 15.8 Å². The number of piperidine rings is 1. The zero-order valence-electron chi connectivity index (χ0n) is 14.1. The van der Waals surface area contributed by atoms with E-state index in [1.165, 1.54) is 12.1 Å². The number of anilines is 1. The van der Waals surface area contributed by atoms with Crippen molar-refractivity contribution in [3.63, 3.8) is 0 Å². The molecule has 1 heterocycles. The summed E-state index contributed by atoms with van der Waals surface area (Å²) < 4.78 is 40.3. The number of halogens is 1. The molecule has 0 saturated carbocycles. The number of hydrogen-bond donors (Lipinski definition) is 2. The highest BCUT2D eigenvalue weighted by Gasteiger charge is 2.27. The largest absolute Gasteiger partial charge is 0.398 e. The number of carbonyl (C=O) groups excluding carboxylic acids is 1. The molecule has 26 heavy (non-hydrogen) atoms. The lowest BCUT2D eigenvalue weighted by molar-refractivity contribution is 0.0712. The summed E-state index contributed by atoms with van der Waals surface area (Å²) in [6.07, 6.45) is 0.998. The second-order valence-corrected chi connectivity index (χ2v) is 7.94. The van der Waals surface area contributed by atoms with Crippen molar-refractivity contribution >= 4 is 21.6 Å². The number of nitrogen functional groups attached to an aromatic ring is 1. The van der Waals surface area contributed by atoms with E-state index in [-0.39, 0.29) is 16.8 Å². The van der Waals surface area contributed by atoms with Gasteiger partial charge < -0.3 is 10.6 Å². The summed E-state index contributed by atoms with van der Waals surface area (Å²) in [4.78, 5) is 14.2. The molecule has 0 bridgehead atoms. The molecule has 3 N–H and O–H groups in total. The third-order valence-electron chi connectivity index (χ3n) is 4.42. The third-order valence-corrected chi connectivity index (χ3v) is 5.96. The van der Waals surface area contributed by atoms with Crippen molar-refractivity contribution in [2.75, 3.05) is 18.8 Å². The zero-order valence-corrected chi connectivity index (χ0v) is 14.9. The first-order chi connectivity index (χ1) is 12.4. The van der Waals surface area contributed by atoms with Crippen molar-refractivity contribution in [1.29, 1.82) is 0 Å². The van der Waals surface area contributed by atoms with Gasteiger partial charge in [-0.1, -0.05) is 12.1 Å². The Morgan fingerprint density at radius 2 is 1.69 bits per heavy atom. The number of sulfonamides is 1. The Morgan fingerprint density at radius 3 is 2.31 bits per heavy atom. The molecule has 1 amide bonds. The Labute approximate surface area is 151 Å². The number of benzene rings is 2. The first-order valence-corrected chi connectivity index (χ1v) is 9.77. The topological polar surface area (TPSA) is 92.5 Å². The van der Waals surface area contributed by atoms with E-state index in [0.717, 1.165) is 12.1 Å². The molecule has 0 aliphatic carbocycles. The van der Waals surface area contributed by atoms with E-state index in [2.05, 4.69) is 4.72 Å². The SMILES string of the molecule is Nc1ccccc1C(=O)N1CCC(NS(=O)(=O)c2ccc(F)cc2)CC1. The fraction of sp³-hybridized carbons (Fsp3) is 0.278. The van der Waals surface area contributed by atoms with Crippen LogP contribution in [0.1, 0.15) is 23.2 Å². The molecule has 3 rings (SSSR count). The molecule has 2 aromatic carbocycles. The lowest BCUT2D eigenvalue weighted by Gasteiger charge is -2.32. The van der Waals surface area contributed by atoms with Crippen LogP contribution < -0.4 is 10.5 Å². The number of nitrogens with zero attached hydrogens (tertiary/aromatic N) is 1. The molecule has 2 aromatic rings. The van der Waals surface area contributed by atoms with Gasteiger partial charge in [-0.15, -0.1) is 0 Å². The molecule has 8 heteroatoms. The van der Waals surface area contributed by atoms with Crippen molar-refractivity contribution in [2.24, 2.45) is 0 Å². The summed E-state index contributed by atoms with van der Waals surface area (Å²) in [5.74, 6) is -0.640. The van der Waals surface area contributed by atoms with Crippen LogP contribution in [0.4, 0.5) is 10.1 Å². The van der Waals surface area contributed by atoms with E-state index in [1.54, 1.807) is 29.2 Å². The van der Waals surface area contributed by atoms with Gasteiger partial charge in [0, 0.05) is 24.8 Å². The Hall–Kier alpha value is -2.45. The minimum absolute atomic E-state index is 0.0227. The Bertz CT molecular complexity index is 892. The quantitative estimate of drug-likeness (QED) is 0.797. The first kappa shape index (κ1) is 18.3. The predicted octanol–water partition coefficient (Wildman–Crippen LogP) is 1.99. The van der Waals surface area contributed by atoms with Crippen LogP contribution in [-0.4, -0.2) is 38.4 Å². The molecular formula is C18H20FN3O3S. The van der Waals surface area contributed by atoms with Gasteiger partial charge in [0.15, 0.2) is 0 Å². The highest BCUT2D eigenvalue weighted by molar-refractivity contribution is 7.89. The zero-order chi connectivity index (χ0) is 18.7. The van der Waals surface area contributed by atoms with E-state index in [0.29, 0.717) is 37.2 Å². The highest BCUT2D eigenvalue weighted by atomic mass is 32.2. The molecule has 1 fully saturated rings. The van der Waals surface area contributed by atoms with Crippen LogP contribution in [0.25, 0.3) is 0 Å². The summed E-state index contributed by atoms with van der Waals surface area (Å²) in [5, 5.41) is 0. The predicted molar refractivity (Wildman–Crippen MR) is 96.5 cm³/mol. The van der Waals surface area contributed by atoms with Crippen molar-refractivity contribution in [3.05, 3.63) is 59.9 Å². The average molecular weight is 377 g/mol. The lowest BCUT2D eigenvalue weighted by atomic mass is 10.0. The molecule has 6 nitrogen and oxygen atoms in total. The smallest absolute Gasteiger partial charge is 0.255 e. The molecule has 0 aromatic heterocycles. The molecule has 0 spiro atoms. The minimum Gasteiger partial charge on any atom is -0.398 e. The maximum absolute atomic E-state index is 13.0. The highest BCUT2D eigenvalue weighted by Crippen LogP contribution is 2.19. The summed E-state index contributed by atoms with van der Waals surface area (Å²) in [6.45, 7) is 0.869. The van der Waals surface area contributed by atoms with Crippen molar-refractivity contribution in [2.45, 2.75) is 23.8 Å². The molecular weight excluding hydrogens is 357 g/mol. The standard InChI is InChI=1S/C18H20FN3O3S/c19-13-5-7-15(8-6-13)26(24,25)21-14-9-11-22(12-10-14)18(23)16-3-1-2-4-17(16)20/h1-8,14,21H,9-12,20H2. The average Bonchev–Trinajstić information content (AvgIpc) is 2.62. The van der Waals surface area contributed by atoms with E-state index in [4.69, 9.17) is 5.73 Å². The third kappa shape index (κ3) is 4.03. The van der Waals surface area contributed by atoms with Gasteiger partial charge in [0.2, 0.25) is 10.0 Å². The number of nitrogens with two attached hydrogens (primary N) is 1. The number of rotatable bonds is 4. The van der Waals surface area contributed by atoms with Crippen LogP contribution >= 0.6 is 0 Å². The van der Waals surface area contributed by atoms with Crippen LogP contribution in [-0.2, 0) is 10.0 Å². The number of amides is 1. The van der Waals surface area contributed by atoms with Crippen molar-refractivity contribution in [3.8, 4) is 0 Å². The molecule has 0 radical (unpaired) electrons. The van der Waals surface area contributed by atoms with Crippen molar-refractivity contribution in [1.82, 2.24) is 9.62 Å². The van der Waals surface area contributed by atoms with E-state index in [9.17, 15) is 17.6 Å². The van der Waals surface area contributed by atoms with Gasteiger partial charge in [0.1, 0.15) is 5.82 Å². The number of nitrogens with one attached hydrogen (secondary N) is 1. The summed E-state index contributed by atoms with van der Waals surface area (Å²) in [6, 6.07) is 11.3. The lowest BCUT2D eigenvalue weighted by Crippen LogP contribution is -2.46. The summed E-state index contributed by atoms with van der Waals surface area (Å²) in [7, 11) is -3.71. The van der Waals surface area contributed by atoms with Gasteiger partial charge in [-0.25, -0.2) is 17.5 Å². The van der Waals surface area contributed by atoms with Gasteiger partial charge in [-0.3, -0.25) is 4.79 Å². The molecule has 1 aliphatic rings. The normalized spacial score (nSPS) is 15.8. The Kier molecular flexibility index (Phi) is 5.24. The van der Waals surface area contributed by atoms with E-state index in [1.807, 2.05) is 0 Å². The molecule has 1 saturated heterocycles. The van der Waals surface area contributed by atoms with Gasteiger partial charge in [0.05, 0.1) is 10.5 Å². The molecule has 1 aliphatic heterocycles. The maximum Gasteiger partial charge on any atom is 0.255 e. The van der Waals surface area contributed by atoms with Gasteiger partial charge in [0.25, 0.3) is 5.91 Å². The second-order valence-electron chi connectivity index (χ2n) is 6.23. The summed E-state index contributed by atoms with van der Waals surface area (Å²) >= 11 is 0. The number of para-hydroxylation sites is 1. The molecule has 0 atom stereocenters. The Morgan fingerprint density at radius 1 is 1.08 bits per heavy atom.